The highest BCUT2D eigenvalue weighted by Crippen LogP contribution is 2.21. The van der Waals surface area contributed by atoms with Crippen LogP contribution in [0.1, 0.15) is 23.0 Å². The molecule has 1 amide bonds. The molecule has 1 aromatic carbocycles. The van der Waals surface area contributed by atoms with Crippen LogP contribution >= 0.6 is 0 Å². The van der Waals surface area contributed by atoms with Gasteiger partial charge in [-0.3, -0.25) is 4.79 Å². The molecule has 0 radical (unpaired) electrons. The Bertz CT molecular complexity index is 543. The van der Waals surface area contributed by atoms with Gasteiger partial charge in [0, 0.05) is 23.1 Å². The molecule has 0 bridgehead atoms. The summed E-state index contributed by atoms with van der Waals surface area (Å²) in [6.45, 7) is 3.78. The van der Waals surface area contributed by atoms with E-state index in [2.05, 4.69) is 10.3 Å². The van der Waals surface area contributed by atoms with Crippen molar-refractivity contribution in [3.63, 3.8) is 0 Å². The number of aromatic amines is 1. The van der Waals surface area contributed by atoms with Crippen LogP contribution < -0.4 is 5.32 Å². The molecule has 1 aromatic heterocycles. The molecule has 1 atom stereocenters. The van der Waals surface area contributed by atoms with Gasteiger partial charge in [-0.1, -0.05) is 18.2 Å². The van der Waals surface area contributed by atoms with Crippen molar-refractivity contribution in [2.75, 3.05) is 6.54 Å². The molecule has 2 rings (SSSR count). The van der Waals surface area contributed by atoms with Crippen LogP contribution in [0.2, 0.25) is 0 Å². The van der Waals surface area contributed by atoms with Crippen LogP contribution in [0.25, 0.3) is 10.9 Å². The minimum Gasteiger partial charge on any atom is -0.392 e. The molecule has 3 N–H and O–H groups in total. The Morgan fingerprint density at radius 3 is 2.88 bits per heavy atom. The van der Waals surface area contributed by atoms with E-state index in [1.54, 1.807) is 6.92 Å². The van der Waals surface area contributed by atoms with Crippen LogP contribution in [0, 0.1) is 6.92 Å². The zero-order chi connectivity index (χ0) is 12.4. The van der Waals surface area contributed by atoms with E-state index in [9.17, 15) is 4.79 Å². The number of para-hydroxylation sites is 1. The van der Waals surface area contributed by atoms with Crippen LogP contribution in [-0.2, 0) is 0 Å². The van der Waals surface area contributed by atoms with E-state index in [0.717, 1.165) is 16.6 Å². The summed E-state index contributed by atoms with van der Waals surface area (Å²) in [4.78, 5) is 15.2. The average Bonchev–Trinajstić information content (AvgIpc) is 2.61. The monoisotopic (exact) mass is 232 g/mol. The predicted molar refractivity (Wildman–Crippen MR) is 67.0 cm³/mol. The number of rotatable bonds is 3. The number of aliphatic hydroxyl groups is 1. The van der Waals surface area contributed by atoms with Gasteiger partial charge in [0.2, 0.25) is 0 Å². The second-order valence-corrected chi connectivity index (χ2v) is 4.23. The molecule has 4 nitrogen and oxygen atoms in total. The number of H-pyrrole nitrogens is 1. The minimum absolute atomic E-state index is 0.152. The number of aryl methyl sites for hydroxylation is 1. The van der Waals surface area contributed by atoms with Crippen LogP contribution in [0.4, 0.5) is 0 Å². The maximum atomic E-state index is 12.0. The number of aromatic nitrogens is 1. The van der Waals surface area contributed by atoms with Crippen LogP contribution in [-0.4, -0.2) is 28.6 Å². The van der Waals surface area contributed by atoms with E-state index in [4.69, 9.17) is 5.11 Å². The van der Waals surface area contributed by atoms with Gasteiger partial charge in [0.15, 0.2) is 0 Å². The average molecular weight is 232 g/mol. The Morgan fingerprint density at radius 1 is 1.47 bits per heavy atom. The number of nitrogens with one attached hydrogen (secondary N) is 2. The number of hydrogen-bond donors (Lipinski definition) is 3. The third-order valence-corrected chi connectivity index (χ3v) is 2.68. The van der Waals surface area contributed by atoms with E-state index in [-0.39, 0.29) is 12.5 Å². The summed E-state index contributed by atoms with van der Waals surface area (Å²) in [5.74, 6) is -0.152. The molecule has 0 unspecified atom stereocenters. The molecule has 0 fully saturated rings. The first-order valence-corrected chi connectivity index (χ1v) is 5.63. The van der Waals surface area contributed by atoms with E-state index in [1.807, 2.05) is 31.2 Å². The lowest BCUT2D eigenvalue weighted by Crippen LogP contribution is -2.30. The second kappa shape index (κ2) is 4.59. The third kappa shape index (κ3) is 2.31. The van der Waals surface area contributed by atoms with Crippen molar-refractivity contribution in [1.82, 2.24) is 10.3 Å². The molecule has 4 heteroatoms. The van der Waals surface area contributed by atoms with Gasteiger partial charge in [-0.05, 0) is 19.9 Å². The van der Waals surface area contributed by atoms with Gasteiger partial charge in [-0.2, -0.15) is 0 Å². The highest BCUT2D eigenvalue weighted by molar-refractivity contribution is 6.08. The highest BCUT2D eigenvalue weighted by atomic mass is 16.3. The van der Waals surface area contributed by atoms with Gasteiger partial charge < -0.3 is 15.4 Å². The Kier molecular flexibility index (Phi) is 3.15. The first kappa shape index (κ1) is 11.7. The Balaban J connectivity index is 2.34. The van der Waals surface area contributed by atoms with Gasteiger partial charge >= 0.3 is 0 Å². The lowest BCUT2D eigenvalue weighted by molar-refractivity contribution is 0.0925. The lowest BCUT2D eigenvalue weighted by Gasteiger charge is -2.07. The molecule has 0 saturated carbocycles. The first-order chi connectivity index (χ1) is 8.09. The van der Waals surface area contributed by atoms with Crippen molar-refractivity contribution in [3.8, 4) is 0 Å². The van der Waals surface area contributed by atoms with Crippen LogP contribution in [0.5, 0.6) is 0 Å². The van der Waals surface area contributed by atoms with Gasteiger partial charge in [0.05, 0.1) is 11.7 Å². The van der Waals surface area contributed by atoms with Crippen LogP contribution in [0.15, 0.2) is 24.3 Å². The Hall–Kier alpha value is -1.81. The molecule has 0 saturated heterocycles. The molecular formula is C13H16N2O2. The molecule has 0 spiro atoms. The van der Waals surface area contributed by atoms with Gasteiger partial charge in [-0.25, -0.2) is 0 Å². The number of aliphatic hydroxyl groups excluding tert-OH is 1. The predicted octanol–water partition coefficient (Wildman–Crippen LogP) is 1.59. The zero-order valence-electron chi connectivity index (χ0n) is 9.95. The van der Waals surface area contributed by atoms with Gasteiger partial charge in [-0.15, -0.1) is 0 Å². The minimum atomic E-state index is -0.538. The molecule has 0 aliphatic rings. The summed E-state index contributed by atoms with van der Waals surface area (Å²) < 4.78 is 0. The zero-order valence-corrected chi connectivity index (χ0v) is 9.95. The van der Waals surface area contributed by atoms with E-state index < -0.39 is 6.10 Å². The van der Waals surface area contributed by atoms with E-state index >= 15 is 0 Å². The summed E-state index contributed by atoms with van der Waals surface area (Å²) >= 11 is 0. The highest BCUT2D eigenvalue weighted by Gasteiger charge is 2.15. The lowest BCUT2D eigenvalue weighted by atomic mass is 10.1. The fourth-order valence-corrected chi connectivity index (χ4v) is 1.90. The topological polar surface area (TPSA) is 65.1 Å². The van der Waals surface area contributed by atoms with Crippen molar-refractivity contribution in [3.05, 3.63) is 35.5 Å². The summed E-state index contributed by atoms with van der Waals surface area (Å²) in [6.07, 6.45) is -0.538. The van der Waals surface area contributed by atoms with Crippen molar-refractivity contribution >= 4 is 16.8 Å². The molecule has 90 valence electrons. The normalized spacial score (nSPS) is 12.6. The first-order valence-electron chi connectivity index (χ1n) is 5.63. The third-order valence-electron chi connectivity index (χ3n) is 2.68. The summed E-state index contributed by atoms with van der Waals surface area (Å²) in [5.41, 5.74) is 2.45. The van der Waals surface area contributed by atoms with Crippen molar-refractivity contribution < 1.29 is 9.90 Å². The maximum Gasteiger partial charge on any atom is 0.253 e. The summed E-state index contributed by atoms with van der Waals surface area (Å²) in [5, 5.41) is 12.8. The fraction of sp³-hybridized carbons (Fsp3) is 0.308. The number of amides is 1. The Labute approximate surface area is 99.7 Å². The number of carbonyl (C=O) groups excluding carboxylic acids is 1. The largest absolute Gasteiger partial charge is 0.392 e. The number of benzene rings is 1. The quantitative estimate of drug-likeness (QED) is 0.752. The summed E-state index contributed by atoms with van der Waals surface area (Å²) in [7, 11) is 0. The van der Waals surface area contributed by atoms with Crippen LogP contribution in [0.3, 0.4) is 0 Å². The molecule has 0 aliphatic carbocycles. The summed E-state index contributed by atoms with van der Waals surface area (Å²) in [6, 6.07) is 7.68. The fourth-order valence-electron chi connectivity index (χ4n) is 1.90. The molecule has 1 heterocycles. The number of hydrogen-bond acceptors (Lipinski definition) is 2. The smallest absolute Gasteiger partial charge is 0.253 e. The number of fused-ring (bicyclic) bond motifs is 1. The van der Waals surface area contributed by atoms with Gasteiger partial charge in [0.1, 0.15) is 0 Å². The van der Waals surface area contributed by atoms with Crippen molar-refractivity contribution in [2.24, 2.45) is 0 Å². The maximum absolute atomic E-state index is 12.0. The van der Waals surface area contributed by atoms with Gasteiger partial charge in [0.25, 0.3) is 5.91 Å². The Morgan fingerprint density at radius 2 is 2.18 bits per heavy atom. The molecule has 17 heavy (non-hydrogen) atoms. The molecule has 0 aliphatic heterocycles. The second-order valence-electron chi connectivity index (χ2n) is 4.23. The van der Waals surface area contributed by atoms with Crippen molar-refractivity contribution in [2.45, 2.75) is 20.0 Å². The number of carbonyl (C=O) groups is 1. The molecular weight excluding hydrogens is 216 g/mol. The molecule has 2 aromatic rings. The standard InChI is InChI=1S/C13H16N2O2/c1-8(16)7-14-13(17)12-9(2)15-11-6-4-3-5-10(11)12/h3-6,8,15-16H,7H2,1-2H3,(H,14,17)/t8-/m1/s1. The van der Waals surface area contributed by atoms with Crippen molar-refractivity contribution in [1.29, 1.82) is 0 Å². The van der Waals surface area contributed by atoms with E-state index in [0.29, 0.717) is 5.56 Å². The van der Waals surface area contributed by atoms with E-state index in [1.165, 1.54) is 0 Å². The SMILES string of the molecule is Cc1[nH]c2ccccc2c1C(=O)NC[C@@H](C)O.